The average molecular weight is 416 g/mol. The Bertz CT molecular complexity index is 1000. The maximum atomic E-state index is 12.5. The summed E-state index contributed by atoms with van der Waals surface area (Å²) in [5, 5.41) is 5.21. The van der Waals surface area contributed by atoms with Crippen molar-refractivity contribution in [2.75, 3.05) is 18.9 Å². The maximum absolute atomic E-state index is 12.5. The first-order valence-electron chi connectivity index (χ1n) is 9.62. The topological polar surface area (TPSA) is 104 Å². The number of fused-ring (bicyclic) bond motifs is 1. The second-order valence-corrected chi connectivity index (χ2v) is 8.76. The van der Waals surface area contributed by atoms with Crippen LogP contribution >= 0.6 is 0 Å². The van der Waals surface area contributed by atoms with Crippen molar-refractivity contribution < 1.29 is 18.0 Å². The molecular weight excluding hydrogens is 390 g/mol. The van der Waals surface area contributed by atoms with Gasteiger partial charge in [-0.2, -0.15) is 0 Å². The number of nitrogens with one attached hydrogen (secondary N) is 3. The van der Waals surface area contributed by atoms with Crippen molar-refractivity contribution in [1.29, 1.82) is 0 Å². The van der Waals surface area contributed by atoms with E-state index in [0.717, 1.165) is 31.2 Å². The molecule has 0 saturated carbocycles. The van der Waals surface area contributed by atoms with Crippen LogP contribution in [0.4, 0.5) is 5.69 Å². The molecule has 3 N–H and O–H groups in total. The lowest BCUT2D eigenvalue weighted by atomic mass is 9.92. The standard InChI is InChI=1S/C21H25N3O4S/c1-22-21(26)16-6-9-18(10-7-16)24-20(25)12-13-23-29(27,28)19-11-8-15-4-2-3-5-17(15)14-19/h6-11,14,23H,2-5,12-13H2,1H3,(H,22,26)(H,24,25). The minimum atomic E-state index is -3.65. The minimum absolute atomic E-state index is 0.00136. The summed E-state index contributed by atoms with van der Waals surface area (Å²) in [5.74, 6) is -0.523. The van der Waals surface area contributed by atoms with Crippen molar-refractivity contribution in [2.45, 2.75) is 37.0 Å². The molecule has 1 aliphatic rings. The van der Waals surface area contributed by atoms with E-state index in [0.29, 0.717) is 11.3 Å². The van der Waals surface area contributed by atoms with E-state index in [1.165, 1.54) is 5.56 Å². The van der Waals surface area contributed by atoms with Crippen LogP contribution < -0.4 is 15.4 Å². The van der Waals surface area contributed by atoms with Gasteiger partial charge in [0.2, 0.25) is 15.9 Å². The summed E-state index contributed by atoms with van der Waals surface area (Å²) in [7, 11) is -2.11. The molecular formula is C21H25N3O4S. The highest BCUT2D eigenvalue weighted by molar-refractivity contribution is 7.89. The zero-order valence-electron chi connectivity index (χ0n) is 16.3. The number of carbonyl (C=O) groups excluding carboxylic acids is 2. The van der Waals surface area contributed by atoms with Crippen molar-refractivity contribution in [3.8, 4) is 0 Å². The van der Waals surface area contributed by atoms with Gasteiger partial charge in [0, 0.05) is 31.3 Å². The Morgan fingerprint density at radius 2 is 1.66 bits per heavy atom. The number of aryl methyl sites for hydroxylation is 2. The van der Waals surface area contributed by atoms with Crippen LogP contribution in [0.25, 0.3) is 0 Å². The predicted octanol–water partition coefficient (Wildman–Crippen LogP) is 2.23. The lowest BCUT2D eigenvalue weighted by Crippen LogP contribution is -2.28. The summed E-state index contributed by atoms with van der Waals surface area (Å²) < 4.78 is 27.5. The third-order valence-corrected chi connectivity index (χ3v) is 6.39. The van der Waals surface area contributed by atoms with E-state index in [-0.39, 0.29) is 29.7 Å². The molecule has 0 aliphatic heterocycles. The van der Waals surface area contributed by atoms with Gasteiger partial charge in [-0.15, -0.1) is 0 Å². The number of carbonyl (C=O) groups is 2. The summed E-state index contributed by atoms with van der Waals surface area (Å²) in [4.78, 5) is 23.8. The van der Waals surface area contributed by atoms with Gasteiger partial charge in [-0.3, -0.25) is 9.59 Å². The van der Waals surface area contributed by atoms with Crippen LogP contribution in [0.5, 0.6) is 0 Å². The Morgan fingerprint density at radius 3 is 2.34 bits per heavy atom. The molecule has 0 bridgehead atoms. The van der Waals surface area contributed by atoms with Gasteiger partial charge in [0.15, 0.2) is 0 Å². The van der Waals surface area contributed by atoms with Crippen molar-refractivity contribution in [1.82, 2.24) is 10.0 Å². The molecule has 0 unspecified atom stereocenters. The first-order valence-corrected chi connectivity index (χ1v) is 11.1. The van der Waals surface area contributed by atoms with E-state index in [9.17, 15) is 18.0 Å². The average Bonchev–Trinajstić information content (AvgIpc) is 2.73. The van der Waals surface area contributed by atoms with Gasteiger partial charge in [-0.25, -0.2) is 13.1 Å². The normalized spacial score (nSPS) is 13.4. The Balaban J connectivity index is 1.52. The van der Waals surface area contributed by atoms with Gasteiger partial charge in [0.1, 0.15) is 0 Å². The molecule has 2 aromatic carbocycles. The van der Waals surface area contributed by atoms with Crippen LogP contribution in [0.3, 0.4) is 0 Å². The summed E-state index contributed by atoms with van der Waals surface area (Å²) >= 11 is 0. The Morgan fingerprint density at radius 1 is 0.966 bits per heavy atom. The molecule has 7 nitrogen and oxygen atoms in total. The number of rotatable bonds is 7. The Hall–Kier alpha value is -2.71. The fourth-order valence-electron chi connectivity index (χ4n) is 3.33. The molecule has 0 radical (unpaired) electrons. The number of sulfonamides is 1. The smallest absolute Gasteiger partial charge is 0.251 e. The quantitative estimate of drug-likeness (QED) is 0.645. The van der Waals surface area contributed by atoms with Crippen molar-refractivity contribution in [3.05, 3.63) is 59.2 Å². The molecule has 1 aliphatic carbocycles. The van der Waals surface area contributed by atoms with Crippen molar-refractivity contribution >= 4 is 27.5 Å². The first kappa shape index (κ1) is 21.0. The molecule has 8 heteroatoms. The van der Waals surface area contributed by atoms with E-state index in [4.69, 9.17) is 0 Å². The van der Waals surface area contributed by atoms with E-state index < -0.39 is 10.0 Å². The van der Waals surface area contributed by atoms with Crippen LogP contribution in [0.1, 0.15) is 40.7 Å². The summed E-state index contributed by atoms with van der Waals surface area (Å²) in [6.45, 7) is 0.00156. The van der Waals surface area contributed by atoms with Crippen molar-refractivity contribution in [2.24, 2.45) is 0 Å². The zero-order valence-corrected chi connectivity index (χ0v) is 17.1. The van der Waals surface area contributed by atoms with Crippen LogP contribution in [-0.4, -0.2) is 33.8 Å². The van der Waals surface area contributed by atoms with E-state index in [1.54, 1.807) is 43.4 Å². The first-order chi connectivity index (χ1) is 13.9. The number of amides is 2. The van der Waals surface area contributed by atoms with E-state index in [1.807, 2.05) is 6.07 Å². The van der Waals surface area contributed by atoms with Crippen LogP contribution in [0.15, 0.2) is 47.4 Å². The fourth-order valence-corrected chi connectivity index (χ4v) is 4.41. The third kappa shape index (κ3) is 5.42. The zero-order chi connectivity index (χ0) is 20.9. The molecule has 3 rings (SSSR count). The molecule has 0 spiro atoms. The number of hydrogen-bond acceptors (Lipinski definition) is 4. The predicted molar refractivity (Wildman–Crippen MR) is 111 cm³/mol. The number of anilines is 1. The monoisotopic (exact) mass is 415 g/mol. The second-order valence-electron chi connectivity index (χ2n) is 6.99. The van der Waals surface area contributed by atoms with Gasteiger partial charge < -0.3 is 10.6 Å². The highest BCUT2D eigenvalue weighted by atomic mass is 32.2. The number of hydrogen-bond donors (Lipinski definition) is 3. The molecule has 154 valence electrons. The van der Waals surface area contributed by atoms with Gasteiger partial charge in [0.25, 0.3) is 5.91 Å². The lowest BCUT2D eigenvalue weighted by Gasteiger charge is -2.16. The van der Waals surface area contributed by atoms with Gasteiger partial charge in [-0.1, -0.05) is 6.07 Å². The van der Waals surface area contributed by atoms with Crippen LogP contribution in [0.2, 0.25) is 0 Å². The molecule has 0 heterocycles. The molecule has 2 aromatic rings. The summed E-state index contributed by atoms with van der Waals surface area (Å²) in [6, 6.07) is 11.7. The Kier molecular flexibility index (Phi) is 6.66. The molecule has 0 aromatic heterocycles. The van der Waals surface area contributed by atoms with Gasteiger partial charge in [0.05, 0.1) is 4.90 Å². The molecule has 0 atom stereocenters. The van der Waals surface area contributed by atoms with Gasteiger partial charge >= 0.3 is 0 Å². The molecule has 0 saturated heterocycles. The summed E-state index contributed by atoms with van der Waals surface area (Å²) in [6.07, 6.45) is 4.11. The highest BCUT2D eigenvalue weighted by Crippen LogP contribution is 2.24. The van der Waals surface area contributed by atoms with Crippen molar-refractivity contribution in [3.63, 3.8) is 0 Å². The maximum Gasteiger partial charge on any atom is 0.251 e. The van der Waals surface area contributed by atoms with E-state index >= 15 is 0 Å². The minimum Gasteiger partial charge on any atom is -0.355 e. The molecule has 2 amide bonds. The highest BCUT2D eigenvalue weighted by Gasteiger charge is 2.18. The molecule has 29 heavy (non-hydrogen) atoms. The lowest BCUT2D eigenvalue weighted by molar-refractivity contribution is -0.116. The molecule has 0 fully saturated rings. The SMILES string of the molecule is CNC(=O)c1ccc(NC(=O)CCNS(=O)(=O)c2ccc3c(c2)CCCC3)cc1. The van der Waals surface area contributed by atoms with Crippen LogP contribution in [-0.2, 0) is 27.7 Å². The third-order valence-electron chi connectivity index (χ3n) is 4.93. The second kappa shape index (κ2) is 9.19. The van der Waals surface area contributed by atoms with E-state index in [2.05, 4.69) is 15.4 Å². The Labute approximate surface area is 171 Å². The van der Waals surface area contributed by atoms with Crippen LogP contribution in [0, 0.1) is 0 Å². The largest absolute Gasteiger partial charge is 0.355 e. The van der Waals surface area contributed by atoms with Gasteiger partial charge in [-0.05, 0) is 73.2 Å². The fraction of sp³-hybridized carbons (Fsp3) is 0.333. The summed E-state index contributed by atoms with van der Waals surface area (Å²) in [5.41, 5.74) is 3.34. The number of benzene rings is 2.